The second-order valence-electron chi connectivity index (χ2n) is 7.81. The predicted molar refractivity (Wildman–Crippen MR) is 127 cm³/mol. The van der Waals surface area contributed by atoms with Gasteiger partial charge in [-0.25, -0.2) is 0 Å². The molecule has 0 spiro atoms. The van der Waals surface area contributed by atoms with Crippen molar-refractivity contribution in [1.29, 1.82) is 0 Å². The molecule has 0 saturated carbocycles. The second-order valence-corrected chi connectivity index (χ2v) is 8.63. The van der Waals surface area contributed by atoms with Crippen LogP contribution in [0.25, 0.3) is 0 Å². The van der Waals surface area contributed by atoms with Crippen molar-refractivity contribution in [2.24, 2.45) is 5.92 Å². The van der Waals surface area contributed by atoms with E-state index in [1.54, 1.807) is 29.2 Å². The number of alkyl halides is 1. The zero-order valence-electron chi connectivity index (χ0n) is 18.3. The third kappa shape index (κ3) is 5.33. The summed E-state index contributed by atoms with van der Waals surface area (Å²) in [6.45, 7) is 4.33. The summed E-state index contributed by atoms with van der Waals surface area (Å²) in [6.07, 6.45) is 0.824. The zero-order chi connectivity index (χ0) is 23.3. The van der Waals surface area contributed by atoms with Crippen molar-refractivity contribution in [3.8, 4) is 0 Å². The summed E-state index contributed by atoms with van der Waals surface area (Å²) < 4.78 is 5.58. The van der Waals surface area contributed by atoms with Crippen molar-refractivity contribution in [1.82, 2.24) is 0 Å². The third-order valence-corrected chi connectivity index (χ3v) is 6.21. The maximum absolute atomic E-state index is 12.9. The number of esters is 1. The molecular weight excluding hydrogens is 449 g/mol. The van der Waals surface area contributed by atoms with Gasteiger partial charge in [0, 0.05) is 41.5 Å². The normalized spacial score (nSPS) is 16.8. The molecule has 32 heavy (non-hydrogen) atoms. The second kappa shape index (κ2) is 11.0. The van der Waals surface area contributed by atoms with Crippen molar-refractivity contribution < 1.29 is 19.1 Å². The van der Waals surface area contributed by atoms with Gasteiger partial charge in [0.2, 0.25) is 11.7 Å². The number of nitrogens with zero attached hydrogens (tertiary/aromatic N) is 1. The summed E-state index contributed by atoms with van der Waals surface area (Å²) in [5, 5.41) is 0.510. The summed E-state index contributed by atoms with van der Waals surface area (Å²) in [7, 11) is 0. The monoisotopic (exact) mass is 475 g/mol. The lowest BCUT2D eigenvalue weighted by molar-refractivity contribution is -0.151. The molecule has 7 heteroatoms. The zero-order valence-corrected chi connectivity index (χ0v) is 19.8. The molecule has 2 atom stereocenters. The number of anilines is 1. The number of ketones is 1. The highest BCUT2D eigenvalue weighted by atomic mass is 35.5. The van der Waals surface area contributed by atoms with E-state index in [4.69, 9.17) is 27.9 Å². The first-order chi connectivity index (χ1) is 15.4. The highest BCUT2D eigenvalue weighted by molar-refractivity contribution is 6.30. The van der Waals surface area contributed by atoms with Crippen LogP contribution in [0.5, 0.6) is 0 Å². The highest BCUT2D eigenvalue weighted by Gasteiger charge is 2.39. The average Bonchev–Trinajstić information content (AvgIpc) is 3.19. The van der Waals surface area contributed by atoms with Gasteiger partial charge in [0.15, 0.2) is 6.10 Å². The Kier molecular flexibility index (Phi) is 8.32. The standard InChI is InChI=1S/C25H27Cl2NO4/c1-3-16-6-5-7-17(4-2)23(16)28-15-19(14-22(28)29)25(31)32-21(12-13-26)24(30)18-8-10-20(27)11-9-18/h5-11,19,21H,3-4,12-15H2,1-2H3/t19-,21-/m1/s1. The quantitative estimate of drug-likeness (QED) is 0.282. The molecule has 170 valence electrons. The largest absolute Gasteiger partial charge is 0.454 e. The van der Waals surface area contributed by atoms with E-state index < -0.39 is 18.0 Å². The molecule has 2 aromatic rings. The number of amides is 1. The summed E-state index contributed by atoms with van der Waals surface area (Å²) in [5.74, 6) is -1.46. The van der Waals surface area contributed by atoms with Crippen molar-refractivity contribution in [3.05, 3.63) is 64.2 Å². The lowest BCUT2D eigenvalue weighted by atomic mass is 10.0. The maximum Gasteiger partial charge on any atom is 0.312 e. The van der Waals surface area contributed by atoms with Gasteiger partial charge in [-0.2, -0.15) is 0 Å². The molecule has 1 heterocycles. The van der Waals surface area contributed by atoms with Crippen LogP contribution >= 0.6 is 23.2 Å². The van der Waals surface area contributed by atoms with E-state index in [9.17, 15) is 14.4 Å². The molecule has 1 aliphatic rings. The van der Waals surface area contributed by atoms with E-state index in [0.29, 0.717) is 10.6 Å². The Bertz CT molecular complexity index is 968. The molecule has 3 rings (SSSR count). The first-order valence-electron chi connectivity index (χ1n) is 10.9. The SMILES string of the molecule is CCc1cccc(CC)c1N1C[C@H](C(=O)O[C@H](CCCl)C(=O)c2ccc(Cl)cc2)CC1=O. The number of hydrogen-bond donors (Lipinski definition) is 0. The molecule has 0 aromatic heterocycles. The molecule has 1 aliphatic heterocycles. The lowest BCUT2D eigenvalue weighted by Gasteiger charge is -2.23. The Hall–Kier alpha value is -2.37. The number of carbonyl (C=O) groups is 3. The molecule has 1 amide bonds. The topological polar surface area (TPSA) is 63.7 Å². The molecule has 0 bridgehead atoms. The number of halogens is 2. The van der Waals surface area contributed by atoms with Gasteiger partial charge in [0.1, 0.15) is 0 Å². The van der Waals surface area contributed by atoms with Crippen LogP contribution in [-0.4, -0.2) is 36.2 Å². The molecule has 5 nitrogen and oxygen atoms in total. The number of aryl methyl sites for hydroxylation is 2. The molecule has 0 N–H and O–H groups in total. The minimum atomic E-state index is -1.00. The number of benzene rings is 2. The number of Topliss-reactive ketones (excluding diaryl/α,β-unsaturated/α-hetero) is 1. The van der Waals surface area contributed by atoms with Gasteiger partial charge >= 0.3 is 5.97 Å². The van der Waals surface area contributed by atoms with E-state index in [1.807, 2.05) is 32.0 Å². The Balaban J connectivity index is 1.76. The first kappa shape index (κ1) is 24.3. The number of para-hydroxylation sites is 1. The van der Waals surface area contributed by atoms with Crippen LogP contribution in [0.4, 0.5) is 5.69 Å². The van der Waals surface area contributed by atoms with Gasteiger partial charge in [0.05, 0.1) is 5.92 Å². The van der Waals surface area contributed by atoms with Crippen molar-refractivity contribution >= 4 is 46.5 Å². The first-order valence-corrected chi connectivity index (χ1v) is 11.8. The van der Waals surface area contributed by atoms with Crippen molar-refractivity contribution in [2.75, 3.05) is 17.3 Å². The van der Waals surface area contributed by atoms with Gasteiger partial charge in [-0.3, -0.25) is 14.4 Å². The molecule has 0 aliphatic carbocycles. The fourth-order valence-corrected chi connectivity index (χ4v) is 4.35. The van der Waals surface area contributed by atoms with Crippen LogP contribution in [0, 0.1) is 5.92 Å². The third-order valence-electron chi connectivity index (χ3n) is 5.74. The fourth-order valence-electron chi connectivity index (χ4n) is 4.02. The summed E-state index contributed by atoms with van der Waals surface area (Å²) >= 11 is 11.8. The van der Waals surface area contributed by atoms with Crippen molar-refractivity contribution in [3.63, 3.8) is 0 Å². The summed E-state index contributed by atoms with van der Waals surface area (Å²) in [4.78, 5) is 40.3. The maximum atomic E-state index is 12.9. The molecular formula is C25H27Cl2NO4. The Labute approximate surface area is 198 Å². The van der Waals surface area contributed by atoms with Gasteiger partial charge in [-0.1, -0.05) is 43.6 Å². The van der Waals surface area contributed by atoms with E-state index in [2.05, 4.69) is 0 Å². The molecule has 0 unspecified atom stereocenters. The van der Waals surface area contributed by atoms with Crippen LogP contribution in [0.2, 0.25) is 5.02 Å². The molecule has 0 radical (unpaired) electrons. The fraction of sp³-hybridized carbons (Fsp3) is 0.400. The lowest BCUT2D eigenvalue weighted by Crippen LogP contribution is -2.33. The Morgan fingerprint density at radius 1 is 1.09 bits per heavy atom. The van der Waals surface area contributed by atoms with Crippen LogP contribution < -0.4 is 4.90 Å². The predicted octanol–water partition coefficient (Wildman–Crippen LogP) is 5.24. The van der Waals surface area contributed by atoms with Crippen molar-refractivity contribution in [2.45, 2.75) is 45.6 Å². The van der Waals surface area contributed by atoms with Crippen LogP contribution in [0.3, 0.4) is 0 Å². The van der Waals surface area contributed by atoms with Crippen LogP contribution in [-0.2, 0) is 27.2 Å². The van der Waals surface area contributed by atoms with Gasteiger partial charge in [-0.05, 0) is 48.2 Å². The highest BCUT2D eigenvalue weighted by Crippen LogP contribution is 2.33. The molecule has 1 fully saturated rings. The van der Waals surface area contributed by atoms with Crippen LogP contribution in [0.1, 0.15) is 48.2 Å². The Morgan fingerprint density at radius 2 is 1.72 bits per heavy atom. The van der Waals surface area contributed by atoms with E-state index in [0.717, 1.165) is 29.7 Å². The number of rotatable bonds is 9. The van der Waals surface area contributed by atoms with Gasteiger partial charge in [-0.15, -0.1) is 11.6 Å². The Morgan fingerprint density at radius 3 is 2.28 bits per heavy atom. The average molecular weight is 476 g/mol. The summed E-state index contributed by atoms with van der Waals surface area (Å²) in [6, 6.07) is 12.4. The summed E-state index contributed by atoms with van der Waals surface area (Å²) in [5.41, 5.74) is 3.44. The van der Waals surface area contributed by atoms with Crippen LogP contribution in [0.15, 0.2) is 42.5 Å². The molecule has 1 saturated heterocycles. The van der Waals surface area contributed by atoms with Gasteiger partial charge < -0.3 is 9.64 Å². The number of carbonyl (C=O) groups excluding carboxylic acids is 3. The van der Waals surface area contributed by atoms with E-state index in [1.165, 1.54) is 0 Å². The van der Waals surface area contributed by atoms with E-state index in [-0.39, 0.29) is 37.0 Å². The molecule has 2 aromatic carbocycles. The minimum absolute atomic E-state index is 0.0583. The number of hydrogen-bond acceptors (Lipinski definition) is 4. The number of ether oxygens (including phenoxy) is 1. The van der Waals surface area contributed by atoms with E-state index >= 15 is 0 Å². The van der Waals surface area contributed by atoms with Gasteiger partial charge in [0.25, 0.3) is 0 Å². The smallest absolute Gasteiger partial charge is 0.312 e. The minimum Gasteiger partial charge on any atom is -0.454 e.